The average molecular weight is 260 g/mol. The summed E-state index contributed by atoms with van der Waals surface area (Å²) < 4.78 is 0. The zero-order valence-corrected chi connectivity index (χ0v) is 11.3. The third-order valence-electron chi connectivity index (χ3n) is 3.19. The van der Waals surface area contributed by atoms with Crippen molar-refractivity contribution in [1.82, 2.24) is 0 Å². The molecule has 0 amide bonds. The second-order valence-corrected chi connectivity index (χ2v) is 5.05. The van der Waals surface area contributed by atoms with E-state index in [9.17, 15) is 0 Å². The van der Waals surface area contributed by atoms with Crippen LogP contribution in [0.25, 0.3) is 0 Å². The molecule has 2 rings (SSSR count). The number of halogens is 1. The summed E-state index contributed by atoms with van der Waals surface area (Å²) in [5.41, 5.74) is 9.82. The summed E-state index contributed by atoms with van der Waals surface area (Å²) in [5.74, 6) is 0. The van der Waals surface area contributed by atoms with Gasteiger partial charge in [-0.25, -0.2) is 0 Å². The van der Waals surface area contributed by atoms with Crippen LogP contribution in [0.1, 0.15) is 29.2 Å². The van der Waals surface area contributed by atoms with Crippen LogP contribution in [0.15, 0.2) is 48.5 Å². The standard InChI is InChI=1S/C16H18ClN/c1-12-6-8-14(9-7-12)16(18)11-10-13-4-2-3-5-15(13)17/h2-9,16H,10-11,18H2,1H3. The van der Waals surface area contributed by atoms with Crippen molar-refractivity contribution in [3.63, 3.8) is 0 Å². The fraction of sp³-hybridized carbons (Fsp3) is 0.250. The van der Waals surface area contributed by atoms with Gasteiger partial charge in [0.1, 0.15) is 0 Å². The van der Waals surface area contributed by atoms with Crippen molar-refractivity contribution in [2.75, 3.05) is 0 Å². The quantitative estimate of drug-likeness (QED) is 0.871. The van der Waals surface area contributed by atoms with E-state index in [1.165, 1.54) is 16.7 Å². The van der Waals surface area contributed by atoms with Gasteiger partial charge in [0.05, 0.1) is 0 Å². The first-order valence-electron chi connectivity index (χ1n) is 6.22. The fourth-order valence-electron chi connectivity index (χ4n) is 1.99. The summed E-state index contributed by atoms with van der Waals surface area (Å²) >= 11 is 6.13. The minimum absolute atomic E-state index is 0.0712. The molecule has 0 aliphatic rings. The highest BCUT2D eigenvalue weighted by Crippen LogP contribution is 2.21. The van der Waals surface area contributed by atoms with Crippen LogP contribution in [-0.4, -0.2) is 0 Å². The lowest BCUT2D eigenvalue weighted by Crippen LogP contribution is -2.11. The highest BCUT2D eigenvalue weighted by Gasteiger charge is 2.07. The maximum Gasteiger partial charge on any atom is 0.0437 e. The van der Waals surface area contributed by atoms with Gasteiger partial charge in [0.15, 0.2) is 0 Å². The zero-order valence-electron chi connectivity index (χ0n) is 10.6. The summed E-state index contributed by atoms with van der Waals surface area (Å²) in [6.45, 7) is 2.08. The summed E-state index contributed by atoms with van der Waals surface area (Å²) in [7, 11) is 0. The van der Waals surface area contributed by atoms with Crippen LogP contribution in [0.3, 0.4) is 0 Å². The van der Waals surface area contributed by atoms with Crippen LogP contribution in [0.5, 0.6) is 0 Å². The third kappa shape index (κ3) is 3.34. The molecule has 18 heavy (non-hydrogen) atoms. The van der Waals surface area contributed by atoms with E-state index in [0.717, 1.165) is 17.9 Å². The second-order valence-electron chi connectivity index (χ2n) is 4.65. The Hall–Kier alpha value is -1.31. The second kappa shape index (κ2) is 6.03. The van der Waals surface area contributed by atoms with E-state index in [1.54, 1.807) is 0 Å². The van der Waals surface area contributed by atoms with E-state index in [-0.39, 0.29) is 6.04 Å². The fourth-order valence-corrected chi connectivity index (χ4v) is 2.22. The Labute approximate surface area is 114 Å². The van der Waals surface area contributed by atoms with E-state index >= 15 is 0 Å². The summed E-state index contributed by atoms with van der Waals surface area (Å²) in [6.07, 6.45) is 1.82. The molecule has 2 N–H and O–H groups in total. The third-order valence-corrected chi connectivity index (χ3v) is 3.56. The normalized spacial score (nSPS) is 12.4. The average Bonchev–Trinajstić information content (AvgIpc) is 2.38. The molecule has 1 nitrogen and oxygen atoms in total. The molecule has 94 valence electrons. The number of benzene rings is 2. The van der Waals surface area contributed by atoms with E-state index in [1.807, 2.05) is 18.2 Å². The number of aryl methyl sites for hydroxylation is 2. The van der Waals surface area contributed by atoms with Crippen molar-refractivity contribution in [3.05, 3.63) is 70.2 Å². The van der Waals surface area contributed by atoms with E-state index in [2.05, 4.69) is 37.3 Å². The van der Waals surface area contributed by atoms with Crippen molar-refractivity contribution in [2.45, 2.75) is 25.8 Å². The maximum atomic E-state index is 6.20. The van der Waals surface area contributed by atoms with Crippen LogP contribution in [0, 0.1) is 6.92 Å². The first kappa shape index (κ1) is 13.1. The summed E-state index contributed by atoms with van der Waals surface area (Å²) in [6, 6.07) is 16.4. The van der Waals surface area contributed by atoms with Crippen molar-refractivity contribution in [3.8, 4) is 0 Å². The minimum atomic E-state index is 0.0712. The van der Waals surface area contributed by atoms with Crippen molar-refractivity contribution >= 4 is 11.6 Å². The van der Waals surface area contributed by atoms with Crippen LogP contribution in [0.4, 0.5) is 0 Å². The van der Waals surface area contributed by atoms with Gasteiger partial charge in [0, 0.05) is 11.1 Å². The van der Waals surface area contributed by atoms with Crippen molar-refractivity contribution < 1.29 is 0 Å². The van der Waals surface area contributed by atoms with Crippen molar-refractivity contribution in [1.29, 1.82) is 0 Å². The van der Waals surface area contributed by atoms with E-state index in [0.29, 0.717) is 0 Å². The van der Waals surface area contributed by atoms with Gasteiger partial charge in [0.25, 0.3) is 0 Å². The van der Waals surface area contributed by atoms with E-state index in [4.69, 9.17) is 17.3 Å². The van der Waals surface area contributed by atoms with Gasteiger partial charge in [-0.3, -0.25) is 0 Å². The van der Waals surface area contributed by atoms with Gasteiger partial charge in [-0.05, 0) is 37.0 Å². The molecular weight excluding hydrogens is 242 g/mol. The predicted octanol–water partition coefficient (Wildman–Crippen LogP) is 4.28. The Bertz CT molecular complexity index is 505. The molecule has 0 saturated carbocycles. The van der Waals surface area contributed by atoms with Crippen LogP contribution in [0.2, 0.25) is 5.02 Å². The molecule has 2 aromatic rings. The molecular formula is C16H18ClN. The maximum absolute atomic E-state index is 6.20. The molecule has 0 aliphatic heterocycles. The molecule has 0 fully saturated rings. The number of hydrogen-bond donors (Lipinski definition) is 1. The Morgan fingerprint density at radius 2 is 1.72 bits per heavy atom. The lowest BCUT2D eigenvalue weighted by Gasteiger charge is -2.13. The van der Waals surface area contributed by atoms with Gasteiger partial charge in [-0.1, -0.05) is 59.6 Å². The highest BCUT2D eigenvalue weighted by molar-refractivity contribution is 6.31. The van der Waals surface area contributed by atoms with Crippen molar-refractivity contribution in [2.24, 2.45) is 5.73 Å². The van der Waals surface area contributed by atoms with Gasteiger partial charge in [0.2, 0.25) is 0 Å². The molecule has 0 spiro atoms. The summed E-state index contributed by atoms with van der Waals surface area (Å²) in [5, 5.41) is 0.827. The SMILES string of the molecule is Cc1ccc(C(N)CCc2ccccc2Cl)cc1. The molecule has 0 saturated heterocycles. The highest BCUT2D eigenvalue weighted by atomic mass is 35.5. The first-order chi connectivity index (χ1) is 8.66. The van der Waals surface area contributed by atoms with Gasteiger partial charge in [-0.2, -0.15) is 0 Å². The largest absolute Gasteiger partial charge is 0.324 e. The van der Waals surface area contributed by atoms with Crippen LogP contribution < -0.4 is 5.73 Å². The number of nitrogens with two attached hydrogens (primary N) is 1. The van der Waals surface area contributed by atoms with Crippen LogP contribution in [-0.2, 0) is 6.42 Å². The smallest absolute Gasteiger partial charge is 0.0437 e. The first-order valence-corrected chi connectivity index (χ1v) is 6.60. The monoisotopic (exact) mass is 259 g/mol. The molecule has 0 bridgehead atoms. The minimum Gasteiger partial charge on any atom is -0.324 e. The van der Waals surface area contributed by atoms with Gasteiger partial charge in [-0.15, -0.1) is 0 Å². The lowest BCUT2D eigenvalue weighted by atomic mass is 9.99. The van der Waals surface area contributed by atoms with Gasteiger partial charge >= 0.3 is 0 Å². The predicted molar refractivity (Wildman–Crippen MR) is 77.9 cm³/mol. The van der Waals surface area contributed by atoms with E-state index < -0.39 is 0 Å². The summed E-state index contributed by atoms with van der Waals surface area (Å²) in [4.78, 5) is 0. The topological polar surface area (TPSA) is 26.0 Å². The van der Waals surface area contributed by atoms with Gasteiger partial charge < -0.3 is 5.73 Å². The number of rotatable bonds is 4. The molecule has 0 heterocycles. The van der Waals surface area contributed by atoms with Crippen LogP contribution >= 0.6 is 11.6 Å². The Morgan fingerprint density at radius 3 is 2.39 bits per heavy atom. The number of hydrogen-bond acceptors (Lipinski definition) is 1. The molecule has 0 radical (unpaired) electrons. The Balaban J connectivity index is 1.98. The molecule has 0 aromatic heterocycles. The molecule has 2 heteroatoms. The molecule has 1 atom stereocenters. The molecule has 2 aromatic carbocycles. The molecule has 0 aliphatic carbocycles. The lowest BCUT2D eigenvalue weighted by molar-refractivity contribution is 0.651. The zero-order chi connectivity index (χ0) is 13.0. The Morgan fingerprint density at radius 1 is 1.06 bits per heavy atom. The Kier molecular flexibility index (Phi) is 4.40. The molecule has 1 unspecified atom stereocenters.